The van der Waals surface area contributed by atoms with Gasteiger partial charge in [0.25, 0.3) is 0 Å². The van der Waals surface area contributed by atoms with E-state index >= 15 is 0 Å². The molecule has 0 aliphatic rings. The average molecular weight is 485 g/mol. The molecule has 6 nitrogen and oxygen atoms in total. The van der Waals surface area contributed by atoms with Crippen molar-refractivity contribution >= 4 is 11.9 Å². The summed E-state index contributed by atoms with van der Waals surface area (Å²) in [5.41, 5.74) is 0.761. The minimum absolute atomic E-state index is 0.0455. The lowest BCUT2D eigenvalue weighted by atomic mass is 10.0. The number of aromatic hydroxyl groups is 1. The lowest BCUT2D eigenvalue weighted by molar-refractivity contribution is 0.0680. The van der Waals surface area contributed by atoms with Crippen molar-refractivity contribution in [2.45, 2.75) is 90.9 Å². The standard InChI is InChI=1S/C29H40O6/c1-3-5-7-9-10-12-14-22-15-18-27(25(20-22)28(31)32)35-29(33)24-21-23(16-17-26(24)30)34-19-13-11-8-6-4-2/h15-18,20-21,30H,3-14,19H2,1-2H3,(H,31,32). The van der Waals surface area contributed by atoms with Crippen molar-refractivity contribution in [1.29, 1.82) is 0 Å². The van der Waals surface area contributed by atoms with Crippen molar-refractivity contribution in [3.63, 3.8) is 0 Å². The Hall–Kier alpha value is -3.02. The zero-order chi connectivity index (χ0) is 25.5. The van der Waals surface area contributed by atoms with Crippen molar-refractivity contribution < 1.29 is 29.3 Å². The quantitative estimate of drug-likeness (QED) is 0.137. The predicted molar refractivity (Wildman–Crippen MR) is 138 cm³/mol. The molecule has 0 atom stereocenters. The molecular weight excluding hydrogens is 444 g/mol. The molecule has 0 saturated carbocycles. The number of benzene rings is 2. The number of carboxylic acid groups (broad SMARTS) is 1. The number of hydrogen-bond acceptors (Lipinski definition) is 5. The number of aromatic carboxylic acids is 1. The van der Waals surface area contributed by atoms with E-state index in [9.17, 15) is 19.8 Å². The zero-order valence-electron chi connectivity index (χ0n) is 21.2. The number of ether oxygens (including phenoxy) is 2. The predicted octanol–water partition coefficient (Wildman–Crippen LogP) is 7.56. The van der Waals surface area contributed by atoms with Crippen LogP contribution in [0.4, 0.5) is 0 Å². The SMILES string of the molecule is CCCCCCCCc1ccc(OC(=O)c2cc(OCCCCCCC)ccc2O)c(C(=O)O)c1. The monoisotopic (exact) mass is 484 g/mol. The summed E-state index contributed by atoms with van der Waals surface area (Å²) in [5, 5.41) is 19.8. The first kappa shape index (κ1) is 28.2. The molecule has 0 spiro atoms. The van der Waals surface area contributed by atoms with Crippen molar-refractivity contribution in [1.82, 2.24) is 0 Å². The highest BCUT2D eigenvalue weighted by Crippen LogP contribution is 2.27. The minimum atomic E-state index is -1.16. The Balaban J connectivity index is 1.99. The lowest BCUT2D eigenvalue weighted by Crippen LogP contribution is -2.12. The number of phenolic OH excluding ortho intramolecular Hbond substituents is 1. The topological polar surface area (TPSA) is 93.1 Å². The summed E-state index contributed by atoms with van der Waals surface area (Å²) in [6.45, 7) is 4.87. The van der Waals surface area contributed by atoms with Crippen LogP contribution in [0.3, 0.4) is 0 Å². The number of carbonyl (C=O) groups excluding carboxylic acids is 1. The molecule has 2 aromatic carbocycles. The average Bonchev–Trinajstić information content (AvgIpc) is 2.85. The summed E-state index contributed by atoms with van der Waals surface area (Å²) in [5.74, 6) is -1.83. The number of rotatable bonds is 17. The van der Waals surface area contributed by atoms with Crippen LogP contribution >= 0.6 is 0 Å². The second-order valence-corrected chi connectivity index (χ2v) is 8.98. The van der Waals surface area contributed by atoms with Gasteiger partial charge in [0.15, 0.2) is 0 Å². The van der Waals surface area contributed by atoms with Crippen LogP contribution in [0.15, 0.2) is 36.4 Å². The molecule has 0 radical (unpaired) electrons. The van der Waals surface area contributed by atoms with Gasteiger partial charge in [0.05, 0.1) is 6.61 Å². The highest BCUT2D eigenvalue weighted by Gasteiger charge is 2.19. The van der Waals surface area contributed by atoms with Crippen LogP contribution in [0.5, 0.6) is 17.2 Å². The van der Waals surface area contributed by atoms with Gasteiger partial charge >= 0.3 is 11.9 Å². The van der Waals surface area contributed by atoms with Gasteiger partial charge in [0.2, 0.25) is 0 Å². The number of carbonyl (C=O) groups is 2. The summed E-state index contributed by atoms with van der Waals surface area (Å²) < 4.78 is 11.1. The molecule has 2 N–H and O–H groups in total. The third-order valence-electron chi connectivity index (χ3n) is 6.00. The van der Waals surface area contributed by atoms with Gasteiger partial charge in [0, 0.05) is 0 Å². The molecule has 0 heterocycles. The molecule has 35 heavy (non-hydrogen) atoms. The van der Waals surface area contributed by atoms with Crippen molar-refractivity contribution in [3.8, 4) is 17.2 Å². The van der Waals surface area contributed by atoms with E-state index < -0.39 is 11.9 Å². The largest absolute Gasteiger partial charge is 0.507 e. The first-order valence-corrected chi connectivity index (χ1v) is 13.0. The Morgan fingerprint density at radius 2 is 1.43 bits per heavy atom. The van der Waals surface area contributed by atoms with Crippen LogP contribution in [-0.4, -0.2) is 28.8 Å². The molecule has 192 valence electrons. The number of aryl methyl sites for hydroxylation is 1. The third-order valence-corrected chi connectivity index (χ3v) is 6.00. The van der Waals surface area contributed by atoms with Gasteiger partial charge in [-0.3, -0.25) is 0 Å². The second kappa shape index (κ2) is 15.8. The normalized spacial score (nSPS) is 10.8. The Morgan fingerprint density at radius 1 is 0.771 bits per heavy atom. The van der Waals surface area contributed by atoms with Gasteiger partial charge in [-0.1, -0.05) is 77.7 Å². The fourth-order valence-electron chi connectivity index (χ4n) is 3.92. The third kappa shape index (κ3) is 10.0. The van der Waals surface area contributed by atoms with Crippen LogP contribution in [-0.2, 0) is 6.42 Å². The van der Waals surface area contributed by atoms with Gasteiger partial charge < -0.3 is 19.7 Å². The van der Waals surface area contributed by atoms with E-state index in [1.165, 1.54) is 56.7 Å². The van der Waals surface area contributed by atoms with Gasteiger partial charge in [0.1, 0.15) is 28.4 Å². The van der Waals surface area contributed by atoms with E-state index in [-0.39, 0.29) is 22.6 Å². The number of carboxylic acids is 1. The first-order valence-electron chi connectivity index (χ1n) is 13.0. The van der Waals surface area contributed by atoms with Crippen LogP contribution in [0.1, 0.15) is 111 Å². The number of phenols is 1. The highest BCUT2D eigenvalue weighted by molar-refractivity contribution is 5.97. The summed E-state index contributed by atoms with van der Waals surface area (Å²) >= 11 is 0. The van der Waals surface area contributed by atoms with Gasteiger partial charge in [-0.15, -0.1) is 0 Å². The molecule has 6 heteroatoms. The molecule has 0 aliphatic heterocycles. The lowest BCUT2D eigenvalue weighted by Gasteiger charge is -2.12. The highest BCUT2D eigenvalue weighted by atomic mass is 16.5. The van der Waals surface area contributed by atoms with Crippen LogP contribution in [0.2, 0.25) is 0 Å². The van der Waals surface area contributed by atoms with Gasteiger partial charge in [-0.2, -0.15) is 0 Å². The molecule has 0 unspecified atom stereocenters. The summed E-state index contributed by atoms with van der Waals surface area (Å²) in [7, 11) is 0. The Morgan fingerprint density at radius 3 is 2.11 bits per heavy atom. The van der Waals surface area contributed by atoms with Crippen molar-refractivity contribution in [3.05, 3.63) is 53.1 Å². The van der Waals surface area contributed by atoms with Gasteiger partial charge in [-0.05, 0) is 55.2 Å². The second-order valence-electron chi connectivity index (χ2n) is 8.98. The fraction of sp³-hybridized carbons (Fsp3) is 0.517. The smallest absolute Gasteiger partial charge is 0.347 e. The molecule has 2 rings (SSSR count). The molecule has 0 aliphatic carbocycles. The van der Waals surface area contributed by atoms with E-state index in [1.807, 2.05) is 0 Å². The molecule has 0 bridgehead atoms. The fourth-order valence-corrected chi connectivity index (χ4v) is 3.92. The number of hydrogen-bond donors (Lipinski definition) is 2. The molecular formula is C29H40O6. The Kier molecular flexibility index (Phi) is 12.7. The number of unbranched alkanes of at least 4 members (excludes halogenated alkanes) is 9. The Bertz CT molecular complexity index is 937. The Labute approximate surface area is 209 Å². The minimum Gasteiger partial charge on any atom is -0.507 e. The van der Waals surface area contributed by atoms with Gasteiger partial charge in [-0.25, -0.2) is 9.59 Å². The van der Waals surface area contributed by atoms with Crippen LogP contribution < -0.4 is 9.47 Å². The number of esters is 1. The maximum atomic E-state index is 12.8. The molecule has 0 aromatic heterocycles. The molecule has 0 amide bonds. The summed E-state index contributed by atoms with van der Waals surface area (Å²) in [4.78, 5) is 24.6. The van der Waals surface area contributed by atoms with Crippen LogP contribution in [0.25, 0.3) is 0 Å². The summed E-state index contributed by atoms with van der Waals surface area (Å²) in [6, 6.07) is 9.27. The van der Waals surface area contributed by atoms with E-state index in [0.29, 0.717) is 12.4 Å². The molecule has 0 fully saturated rings. The first-order chi connectivity index (χ1) is 17.0. The van der Waals surface area contributed by atoms with E-state index in [0.717, 1.165) is 44.1 Å². The van der Waals surface area contributed by atoms with Crippen molar-refractivity contribution in [2.75, 3.05) is 6.61 Å². The van der Waals surface area contributed by atoms with E-state index in [4.69, 9.17) is 9.47 Å². The molecule has 0 saturated heterocycles. The zero-order valence-corrected chi connectivity index (χ0v) is 21.2. The molecule has 2 aromatic rings. The maximum Gasteiger partial charge on any atom is 0.347 e. The van der Waals surface area contributed by atoms with Crippen molar-refractivity contribution in [2.24, 2.45) is 0 Å². The summed E-state index contributed by atoms with van der Waals surface area (Å²) in [6.07, 6.45) is 13.3. The van der Waals surface area contributed by atoms with E-state index in [2.05, 4.69) is 13.8 Å². The van der Waals surface area contributed by atoms with Crippen LogP contribution in [0, 0.1) is 0 Å². The maximum absolute atomic E-state index is 12.8. The van der Waals surface area contributed by atoms with E-state index in [1.54, 1.807) is 18.2 Å².